The molecule has 208 valence electrons. The first-order chi connectivity index (χ1) is 18.0. The molecule has 0 aromatic rings. The number of β-lactam (4-membered cyclic amide) rings is 1. The molecule has 0 aromatic carbocycles. The fourth-order valence-corrected chi connectivity index (χ4v) is 6.67. The number of alkyl carbamates (subject to hydrolysis) is 1. The number of ether oxygens (including phenoxy) is 2. The highest BCUT2D eigenvalue weighted by Gasteiger charge is 2.60. The SMILES string of the molecule is C=CCOC(=O)NC/C(C)=C\[C@@H]1C[C@H](SC2=C(C(=O)O)N3C(=O)[C@H]([C@@H](C)O)[C@H]3[C@H]2C)CN1C(=O)OCC=C. The second kappa shape index (κ2) is 12.5. The van der Waals surface area contributed by atoms with Crippen LogP contribution in [0.25, 0.3) is 0 Å². The van der Waals surface area contributed by atoms with E-state index in [0.717, 1.165) is 5.57 Å². The van der Waals surface area contributed by atoms with Crippen LogP contribution in [0.4, 0.5) is 9.59 Å². The molecule has 38 heavy (non-hydrogen) atoms. The molecule has 3 amide bonds. The van der Waals surface area contributed by atoms with Crippen LogP contribution in [-0.2, 0) is 19.1 Å². The highest BCUT2D eigenvalue weighted by Crippen LogP contribution is 2.52. The summed E-state index contributed by atoms with van der Waals surface area (Å²) < 4.78 is 10.2. The van der Waals surface area contributed by atoms with Crippen LogP contribution in [0.3, 0.4) is 0 Å². The summed E-state index contributed by atoms with van der Waals surface area (Å²) in [7, 11) is 0. The van der Waals surface area contributed by atoms with Crippen molar-refractivity contribution in [2.45, 2.75) is 50.6 Å². The Morgan fingerprint density at radius 3 is 2.50 bits per heavy atom. The Morgan fingerprint density at radius 1 is 1.24 bits per heavy atom. The van der Waals surface area contributed by atoms with Gasteiger partial charge >= 0.3 is 18.2 Å². The van der Waals surface area contributed by atoms with Gasteiger partial charge in [0.1, 0.15) is 18.9 Å². The van der Waals surface area contributed by atoms with Gasteiger partial charge in [-0.15, -0.1) is 11.8 Å². The minimum absolute atomic E-state index is 0.0457. The summed E-state index contributed by atoms with van der Waals surface area (Å²) in [5.41, 5.74) is 0.750. The number of thioether (sulfide) groups is 1. The lowest BCUT2D eigenvalue weighted by Crippen LogP contribution is -2.63. The molecule has 0 radical (unpaired) electrons. The van der Waals surface area contributed by atoms with Gasteiger partial charge in [-0.25, -0.2) is 14.4 Å². The number of carboxylic acids is 1. The van der Waals surface area contributed by atoms with E-state index in [1.165, 1.54) is 35.7 Å². The van der Waals surface area contributed by atoms with Crippen molar-refractivity contribution in [3.8, 4) is 0 Å². The summed E-state index contributed by atoms with van der Waals surface area (Å²) in [5, 5.41) is 22.5. The number of aliphatic carboxylic acids is 1. The lowest BCUT2D eigenvalue weighted by molar-refractivity contribution is -0.163. The molecule has 6 atom stereocenters. The van der Waals surface area contributed by atoms with Crippen molar-refractivity contribution in [2.75, 3.05) is 26.3 Å². The quantitative estimate of drug-likeness (QED) is 0.261. The monoisotopic (exact) mass is 549 g/mol. The lowest BCUT2D eigenvalue weighted by atomic mass is 9.79. The summed E-state index contributed by atoms with van der Waals surface area (Å²) >= 11 is 1.35. The van der Waals surface area contributed by atoms with E-state index in [0.29, 0.717) is 17.9 Å². The largest absolute Gasteiger partial charge is 0.477 e. The third-order valence-corrected chi connectivity index (χ3v) is 8.28. The van der Waals surface area contributed by atoms with E-state index in [-0.39, 0.29) is 48.6 Å². The van der Waals surface area contributed by atoms with Crippen molar-refractivity contribution in [1.82, 2.24) is 15.1 Å². The maximum atomic E-state index is 12.8. The van der Waals surface area contributed by atoms with E-state index in [9.17, 15) is 29.4 Å². The van der Waals surface area contributed by atoms with Crippen molar-refractivity contribution in [2.24, 2.45) is 11.8 Å². The number of likely N-dealkylation sites (tertiary alicyclic amines) is 1. The number of aliphatic hydroxyl groups is 1. The van der Waals surface area contributed by atoms with E-state index >= 15 is 0 Å². The molecule has 12 heteroatoms. The van der Waals surface area contributed by atoms with Crippen LogP contribution in [0.2, 0.25) is 0 Å². The minimum Gasteiger partial charge on any atom is -0.477 e. The van der Waals surface area contributed by atoms with Gasteiger partial charge in [-0.1, -0.05) is 43.9 Å². The number of hydrogen-bond donors (Lipinski definition) is 3. The van der Waals surface area contributed by atoms with Crippen molar-refractivity contribution in [1.29, 1.82) is 0 Å². The van der Waals surface area contributed by atoms with E-state index in [2.05, 4.69) is 18.5 Å². The second-order valence-electron chi connectivity index (χ2n) is 9.59. The fourth-order valence-electron chi connectivity index (χ4n) is 5.14. The van der Waals surface area contributed by atoms with Crippen molar-refractivity contribution < 1.29 is 38.9 Å². The Balaban J connectivity index is 1.78. The van der Waals surface area contributed by atoms with Crippen LogP contribution < -0.4 is 5.32 Å². The molecule has 3 heterocycles. The van der Waals surface area contributed by atoms with Gasteiger partial charge in [0.15, 0.2) is 0 Å². The normalized spacial score (nSPS) is 27.4. The average Bonchev–Trinajstić information content (AvgIpc) is 3.36. The summed E-state index contributed by atoms with van der Waals surface area (Å²) in [6.07, 6.45) is 3.32. The number of carbonyl (C=O) groups excluding carboxylic acids is 3. The van der Waals surface area contributed by atoms with E-state index in [1.807, 2.05) is 19.9 Å². The number of fused-ring (bicyclic) bond motifs is 1. The first-order valence-electron chi connectivity index (χ1n) is 12.4. The van der Waals surface area contributed by atoms with Crippen LogP contribution in [0.1, 0.15) is 27.2 Å². The topological polar surface area (TPSA) is 146 Å². The molecule has 3 rings (SSSR count). The molecule has 11 nitrogen and oxygen atoms in total. The number of nitrogens with zero attached hydrogens (tertiary/aromatic N) is 2. The first kappa shape index (κ1) is 29.3. The number of carboxylic acid groups (broad SMARTS) is 1. The molecule has 2 saturated heterocycles. The van der Waals surface area contributed by atoms with Crippen LogP contribution in [0, 0.1) is 11.8 Å². The zero-order valence-electron chi connectivity index (χ0n) is 21.8. The van der Waals surface area contributed by atoms with Gasteiger partial charge in [0, 0.05) is 29.2 Å². The average molecular weight is 550 g/mol. The number of carbonyl (C=O) groups is 4. The molecule has 0 unspecified atom stereocenters. The van der Waals surface area contributed by atoms with Crippen molar-refractivity contribution in [3.63, 3.8) is 0 Å². The predicted molar refractivity (Wildman–Crippen MR) is 141 cm³/mol. The molecular formula is C26H35N3O8S. The first-order valence-corrected chi connectivity index (χ1v) is 13.3. The minimum atomic E-state index is -1.19. The Hall–Kier alpha value is -3.25. The summed E-state index contributed by atoms with van der Waals surface area (Å²) in [6.45, 7) is 12.9. The summed E-state index contributed by atoms with van der Waals surface area (Å²) in [5.74, 6) is -2.50. The number of rotatable bonds is 11. The number of aliphatic hydroxyl groups excluding tert-OH is 1. The fraction of sp³-hybridized carbons (Fsp3) is 0.538. The maximum Gasteiger partial charge on any atom is 0.410 e. The number of hydrogen-bond acceptors (Lipinski definition) is 8. The van der Waals surface area contributed by atoms with Gasteiger partial charge in [0.25, 0.3) is 0 Å². The van der Waals surface area contributed by atoms with E-state index in [4.69, 9.17) is 9.47 Å². The standard InChI is InChI=1S/C26H35N3O8S/c1-6-8-36-25(34)27-12-14(3)10-17-11-18(13-28(17)26(35)37-9-7-2)38-22-15(4)20-19(16(5)30)23(31)29(20)21(22)24(32)33/h6-7,10,15-20,30H,1-2,8-9,11-13H2,3-5H3,(H,27,34)(H,32,33)/b14-10-/t15-,16-,17-,18+,19-,20-/m1/s1. The third-order valence-electron chi connectivity index (χ3n) is 6.79. The van der Waals surface area contributed by atoms with Crippen LogP contribution in [-0.4, -0.2) is 93.8 Å². The molecule has 3 N–H and O–H groups in total. The van der Waals surface area contributed by atoms with Crippen LogP contribution >= 0.6 is 11.8 Å². The highest BCUT2D eigenvalue weighted by molar-refractivity contribution is 8.03. The van der Waals surface area contributed by atoms with Gasteiger partial charge in [0.05, 0.1) is 24.1 Å². The Morgan fingerprint density at radius 2 is 1.89 bits per heavy atom. The summed E-state index contributed by atoms with van der Waals surface area (Å²) in [6, 6.07) is -0.763. The number of nitrogens with one attached hydrogen (secondary N) is 1. The van der Waals surface area contributed by atoms with Gasteiger partial charge in [-0.3, -0.25) is 4.79 Å². The highest BCUT2D eigenvalue weighted by atomic mass is 32.2. The smallest absolute Gasteiger partial charge is 0.410 e. The number of amides is 3. The molecule has 0 aliphatic carbocycles. The Labute approximate surface area is 226 Å². The zero-order valence-corrected chi connectivity index (χ0v) is 22.6. The molecule has 0 bridgehead atoms. The molecule has 3 aliphatic heterocycles. The van der Waals surface area contributed by atoms with Crippen molar-refractivity contribution >= 4 is 35.8 Å². The van der Waals surface area contributed by atoms with Gasteiger partial charge in [-0.2, -0.15) is 0 Å². The Bertz CT molecular complexity index is 1060. The summed E-state index contributed by atoms with van der Waals surface area (Å²) in [4.78, 5) is 52.8. The van der Waals surface area contributed by atoms with Crippen LogP contribution in [0.15, 0.2) is 47.6 Å². The van der Waals surface area contributed by atoms with Crippen molar-refractivity contribution in [3.05, 3.63) is 47.6 Å². The van der Waals surface area contributed by atoms with Crippen LogP contribution in [0.5, 0.6) is 0 Å². The molecule has 0 saturated carbocycles. The predicted octanol–water partition coefficient (Wildman–Crippen LogP) is 2.50. The zero-order chi connectivity index (χ0) is 28.1. The molecule has 2 fully saturated rings. The third kappa shape index (κ3) is 6.07. The van der Waals surface area contributed by atoms with Gasteiger partial charge < -0.3 is 34.8 Å². The maximum absolute atomic E-state index is 12.8. The Kier molecular flexibility index (Phi) is 9.66. The lowest BCUT2D eigenvalue weighted by Gasteiger charge is -2.46. The van der Waals surface area contributed by atoms with E-state index < -0.39 is 36.2 Å². The molecular weight excluding hydrogens is 514 g/mol. The van der Waals surface area contributed by atoms with Gasteiger partial charge in [-0.05, 0) is 20.3 Å². The molecule has 0 spiro atoms. The second-order valence-corrected chi connectivity index (χ2v) is 10.9. The van der Waals surface area contributed by atoms with Gasteiger partial charge in [0.2, 0.25) is 5.91 Å². The van der Waals surface area contributed by atoms with E-state index in [1.54, 1.807) is 4.90 Å². The molecule has 0 aromatic heterocycles. The molecule has 3 aliphatic rings.